The molecule has 0 spiro atoms. The highest BCUT2D eigenvalue weighted by molar-refractivity contribution is 7.89. The van der Waals surface area contributed by atoms with Crippen molar-refractivity contribution in [3.05, 3.63) is 59.7 Å². The molecule has 0 bridgehead atoms. The Balaban J connectivity index is 1.82. The van der Waals surface area contributed by atoms with Gasteiger partial charge in [0.25, 0.3) is 0 Å². The topological polar surface area (TPSA) is 95.5 Å². The van der Waals surface area contributed by atoms with Crippen LogP contribution in [0.15, 0.2) is 53.4 Å². The van der Waals surface area contributed by atoms with Crippen molar-refractivity contribution in [1.29, 1.82) is 0 Å². The maximum atomic E-state index is 12.8. The molecule has 0 saturated heterocycles. The Kier molecular flexibility index (Phi) is 6.92. The summed E-state index contributed by atoms with van der Waals surface area (Å²) in [6.07, 6.45) is 5.91. The molecule has 3 N–H and O–H groups in total. The molecule has 0 aromatic heterocycles. The van der Waals surface area contributed by atoms with Crippen molar-refractivity contribution in [2.45, 2.75) is 62.4 Å². The molecule has 0 amide bonds. The minimum Gasteiger partial charge on any atom is -0.478 e. The van der Waals surface area contributed by atoms with Crippen LogP contribution in [0.25, 0.3) is 0 Å². The van der Waals surface area contributed by atoms with Crippen molar-refractivity contribution in [3.8, 4) is 0 Å². The standard InChI is InChI=1S/C22H28N2O4S/c1-16(17-9-5-4-6-10-17)23-21-14-13-19(15-20(21)22(25)26)29(27,28)24-18-11-7-2-3-8-12-18/h4-6,9-10,13-16,18,23-24H,2-3,7-8,11-12H2,1H3,(H,25,26)/t16-/m1/s1. The molecule has 0 heterocycles. The quantitative estimate of drug-likeness (QED) is 0.575. The zero-order chi connectivity index (χ0) is 20.9. The lowest BCUT2D eigenvalue weighted by Gasteiger charge is -2.19. The van der Waals surface area contributed by atoms with Gasteiger partial charge < -0.3 is 10.4 Å². The first kappa shape index (κ1) is 21.3. The van der Waals surface area contributed by atoms with Crippen LogP contribution < -0.4 is 10.0 Å². The second-order valence-corrected chi connectivity index (χ2v) is 9.31. The van der Waals surface area contributed by atoms with E-state index in [1.165, 1.54) is 18.2 Å². The summed E-state index contributed by atoms with van der Waals surface area (Å²) in [6.45, 7) is 1.93. The molecule has 2 aromatic carbocycles. The highest BCUT2D eigenvalue weighted by Crippen LogP contribution is 2.26. The van der Waals surface area contributed by atoms with Gasteiger partial charge in [0, 0.05) is 17.8 Å². The van der Waals surface area contributed by atoms with Crippen molar-refractivity contribution < 1.29 is 18.3 Å². The third-order valence-electron chi connectivity index (χ3n) is 5.38. The monoisotopic (exact) mass is 416 g/mol. The van der Waals surface area contributed by atoms with Crippen LogP contribution >= 0.6 is 0 Å². The Labute approximate surface area is 172 Å². The molecule has 1 atom stereocenters. The van der Waals surface area contributed by atoms with Gasteiger partial charge in [0.1, 0.15) is 0 Å². The Hall–Kier alpha value is -2.38. The summed E-state index contributed by atoms with van der Waals surface area (Å²) < 4.78 is 28.4. The normalized spacial score (nSPS) is 16.7. The molecule has 156 valence electrons. The Morgan fingerprint density at radius 2 is 1.69 bits per heavy atom. The fourth-order valence-electron chi connectivity index (χ4n) is 3.74. The number of anilines is 1. The number of aromatic carboxylic acids is 1. The van der Waals surface area contributed by atoms with E-state index in [-0.39, 0.29) is 22.5 Å². The van der Waals surface area contributed by atoms with Crippen LogP contribution in [0.5, 0.6) is 0 Å². The van der Waals surface area contributed by atoms with Crippen molar-refractivity contribution in [1.82, 2.24) is 4.72 Å². The largest absolute Gasteiger partial charge is 0.478 e. The minimum absolute atomic E-state index is 0.0166. The van der Waals surface area contributed by atoms with Gasteiger partial charge in [0.2, 0.25) is 10.0 Å². The second-order valence-electron chi connectivity index (χ2n) is 7.60. The van der Waals surface area contributed by atoms with Crippen LogP contribution in [-0.2, 0) is 10.0 Å². The fraction of sp³-hybridized carbons (Fsp3) is 0.409. The van der Waals surface area contributed by atoms with E-state index in [9.17, 15) is 18.3 Å². The van der Waals surface area contributed by atoms with Crippen LogP contribution in [0, 0.1) is 0 Å². The highest BCUT2D eigenvalue weighted by atomic mass is 32.2. The van der Waals surface area contributed by atoms with E-state index in [0.717, 1.165) is 44.1 Å². The molecule has 2 aromatic rings. The number of carboxylic acids is 1. The summed E-state index contributed by atoms with van der Waals surface area (Å²) in [4.78, 5) is 11.8. The van der Waals surface area contributed by atoms with E-state index in [1.807, 2.05) is 37.3 Å². The lowest BCUT2D eigenvalue weighted by Crippen LogP contribution is -2.34. The first-order chi connectivity index (χ1) is 13.9. The Morgan fingerprint density at radius 1 is 1.03 bits per heavy atom. The average molecular weight is 417 g/mol. The lowest BCUT2D eigenvalue weighted by molar-refractivity contribution is 0.0697. The van der Waals surface area contributed by atoms with E-state index in [1.54, 1.807) is 0 Å². The van der Waals surface area contributed by atoms with Gasteiger partial charge in [-0.15, -0.1) is 0 Å². The molecule has 3 rings (SSSR count). The summed E-state index contributed by atoms with van der Waals surface area (Å²) in [5.41, 5.74) is 1.34. The fourth-order valence-corrected chi connectivity index (χ4v) is 5.07. The SMILES string of the molecule is C[C@@H](Nc1ccc(S(=O)(=O)NC2CCCCCC2)cc1C(=O)O)c1ccccc1. The smallest absolute Gasteiger partial charge is 0.337 e. The van der Waals surface area contributed by atoms with Crippen LogP contribution in [0.3, 0.4) is 0 Å². The lowest BCUT2D eigenvalue weighted by atomic mass is 10.1. The number of carbonyl (C=O) groups is 1. The molecule has 29 heavy (non-hydrogen) atoms. The van der Waals surface area contributed by atoms with Gasteiger partial charge in [-0.05, 0) is 43.5 Å². The molecule has 1 fully saturated rings. The van der Waals surface area contributed by atoms with E-state index in [4.69, 9.17) is 0 Å². The third kappa shape index (κ3) is 5.58. The number of benzene rings is 2. The van der Waals surface area contributed by atoms with Gasteiger partial charge in [0.15, 0.2) is 0 Å². The van der Waals surface area contributed by atoms with Crippen molar-refractivity contribution in [2.75, 3.05) is 5.32 Å². The molecule has 6 nitrogen and oxygen atoms in total. The highest BCUT2D eigenvalue weighted by Gasteiger charge is 2.23. The molecule has 0 radical (unpaired) electrons. The van der Waals surface area contributed by atoms with Crippen LogP contribution in [0.4, 0.5) is 5.69 Å². The number of sulfonamides is 1. The maximum absolute atomic E-state index is 12.8. The molecule has 1 aliphatic rings. The van der Waals surface area contributed by atoms with Crippen LogP contribution in [-0.4, -0.2) is 25.5 Å². The Morgan fingerprint density at radius 3 is 2.31 bits per heavy atom. The maximum Gasteiger partial charge on any atom is 0.337 e. The summed E-state index contributed by atoms with van der Waals surface area (Å²) in [5.74, 6) is -1.17. The number of rotatable bonds is 7. The van der Waals surface area contributed by atoms with Gasteiger partial charge in [0.05, 0.1) is 10.5 Å². The summed E-state index contributed by atoms with van der Waals surface area (Å²) in [5, 5.41) is 12.8. The molecule has 1 aliphatic carbocycles. The van der Waals surface area contributed by atoms with Crippen molar-refractivity contribution >= 4 is 21.7 Å². The van der Waals surface area contributed by atoms with Gasteiger partial charge in [-0.2, -0.15) is 0 Å². The molecule has 1 saturated carbocycles. The number of hydrogen-bond acceptors (Lipinski definition) is 4. The van der Waals surface area contributed by atoms with E-state index >= 15 is 0 Å². The number of hydrogen-bond donors (Lipinski definition) is 3. The molecular formula is C22H28N2O4S. The van der Waals surface area contributed by atoms with Crippen molar-refractivity contribution in [3.63, 3.8) is 0 Å². The first-order valence-corrected chi connectivity index (χ1v) is 11.6. The molecule has 0 unspecified atom stereocenters. The van der Waals surface area contributed by atoms with E-state index in [0.29, 0.717) is 5.69 Å². The first-order valence-electron chi connectivity index (χ1n) is 10.1. The predicted octanol–water partition coefficient (Wildman–Crippen LogP) is 4.56. The molecular weight excluding hydrogens is 388 g/mol. The number of nitrogens with one attached hydrogen (secondary N) is 2. The van der Waals surface area contributed by atoms with Gasteiger partial charge in [-0.25, -0.2) is 17.9 Å². The van der Waals surface area contributed by atoms with Gasteiger partial charge in [-0.3, -0.25) is 0 Å². The van der Waals surface area contributed by atoms with E-state index < -0.39 is 16.0 Å². The second kappa shape index (κ2) is 9.41. The van der Waals surface area contributed by atoms with E-state index in [2.05, 4.69) is 10.0 Å². The molecule has 7 heteroatoms. The summed E-state index contributed by atoms with van der Waals surface area (Å²) >= 11 is 0. The minimum atomic E-state index is -3.77. The average Bonchev–Trinajstić information content (AvgIpc) is 2.96. The van der Waals surface area contributed by atoms with Crippen molar-refractivity contribution in [2.24, 2.45) is 0 Å². The summed E-state index contributed by atoms with van der Waals surface area (Å²) in [6, 6.07) is 13.7. The third-order valence-corrected chi connectivity index (χ3v) is 6.90. The van der Waals surface area contributed by atoms with Gasteiger partial charge in [-0.1, -0.05) is 56.0 Å². The van der Waals surface area contributed by atoms with Crippen LogP contribution in [0.1, 0.15) is 67.4 Å². The van der Waals surface area contributed by atoms with Crippen LogP contribution in [0.2, 0.25) is 0 Å². The summed E-state index contributed by atoms with van der Waals surface area (Å²) in [7, 11) is -3.77. The number of carboxylic acid groups (broad SMARTS) is 1. The molecule has 0 aliphatic heterocycles. The zero-order valence-corrected chi connectivity index (χ0v) is 17.4. The Bertz CT molecular complexity index is 937. The zero-order valence-electron chi connectivity index (χ0n) is 16.6. The van der Waals surface area contributed by atoms with Gasteiger partial charge >= 0.3 is 5.97 Å². The predicted molar refractivity (Wildman–Crippen MR) is 114 cm³/mol.